The molecule has 1 aromatic heterocycles. The van der Waals surface area contributed by atoms with Crippen molar-refractivity contribution < 1.29 is 9.53 Å². The fraction of sp³-hybridized carbons (Fsp3) is 0.688. The number of fused-ring (bicyclic) bond motifs is 1. The number of morpholine rings is 1. The van der Waals surface area contributed by atoms with E-state index in [4.69, 9.17) is 4.74 Å². The van der Waals surface area contributed by atoms with Crippen LogP contribution in [0.1, 0.15) is 37.4 Å². The topological polar surface area (TPSA) is 58.6 Å². The summed E-state index contributed by atoms with van der Waals surface area (Å²) in [4.78, 5) is 26.0. The predicted molar refractivity (Wildman–Crippen MR) is 82.1 cm³/mol. The molecule has 1 atom stereocenters. The van der Waals surface area contributed by atoms with Crippen molar-refractivity contribution in [3.05, 3.63) is 23.3 Å². The highest BCUT2D eigenvalue weighted by Crippen LogP contribution is 2.23. The molecular formula is C16H24N4O2. The number of nitrogens with zero attached hydrogens (tertiary/aromatic N) is 4. The van der Waals surface area contributed by atoms with Crippen LogP contribution in [-0.4, -0.2) is 58.0 Å². The first-order valence-electron chi connectivity index (χ1n) is 8.17. The molecule has 1 saturated heterocycles. The van der Waals surface area contributed by atoms with Crippen LogP contribution in [0, 0.1) is 0 Å². The molecule has 3 heterocycles. The second-order valence-corrected chi connectivity index (χ2v) is 5.88. The van der Waals surface area contributed by atoms with E-state index in [0.717, 1.165) is 56.2 Å². The minimum Gasteiger partial charge on any atom is -0.379 e. The molecule has 0 aliphatic carbocycles. The number of hydrogen-bond acceptors (Lipinski definition) is 5. The summed E-state index contributed by atoms with van der Waals surface area (Å²) in [7, 11) is 0. The zero-order valence-electron chi connectivity index (χ0n) is 13.4. The lowest BCUT2D eigenvalue weighted by Crippen LogP contribution is -2.51. The molecule has 0 saturated carbocycles. The highest BCUT2D eigenvalue weighted by atomic mass is 16.5. The van der Waals surface area contributed by atoms with Crippen molar-refractivity contribution in [1.29, 1.82) is 0 Å². The van der Waals surface area contributed by atoms with Gasteiger partial charge in [0.15, 0.2) is 0 Å². The normalized spacial score (nSPS) is 20.0. The van der Waals surface area contributed by atoms with Gasteiger partial charge in [-0.25, -0.2) is 9.97 Å². The van der Waals surface area contributed by atoms with E-state index in [0.29, 0.717) is 13.1 Å². The summed E-state index contributed by atoms with van der Waals surface area (Å²) < 4.78 is 5.39. The Balaban J connectivity index is 1.70. The summed E-state index contributed by atoms with van der Waals surface area (Å²) in [6.45, 7) is 8.49. The average molecular weight is 304 g/mol. The van der Waals surface area contributed by atoms with Gasteiger partial charge in [0, 0.05) is 37.8 Å². The summed E-state index contributed by atoms with van der Waals surface area (Å²) in [5.41, 5.74) is 2.10. The van der Waals surface area contributed by atoms with Gasteiger partial charge in [0.1, 0.15) is 5.82 Å². The van der Waals surface area contributed by atoms with E-state index >= 15 is 0 Å². The molecule has 0 radical (unpaired) electrons. The Labute approximate surface area is 131 Å². The van der Waals surface area contributed by atoms with Crippen molar-refractivity contribution >= 4 is 5.91 Å². The average Bonchev–Trinajstić information content (AvgIpc) is 2.99. The van der Waals surface area contributed by atoms with E-state index in [2.05, 4.69) is 21.8 Å². The molecule has 22 heavy (non-hydrogen) atoms. The Bertz CT molecular complexity index is 543. The van der Waals surface area contributed by atoms with Crippen LogP contribution in [0.5, 0.6) is 0 Å². The van der Waals surface area contributed by atoms with Gasteiger partial charge in [0.05, 0.1) is 31.5 Å². The first kappa shape index (κ1) is 15.4. The molecule has 0 N–H and O–H groups in total. The van der Waals surface area contributed by atoms with E-state index in [1.54, 1.807) is 0 Å². The van der Waals surface area contributed by atoms with Crippen LogP contribution in [0.4, 0.5) is 0 Å². The maximum atomic E-state index is 12.9. The lowest BCUT2D eigenvalue weighted by atomic mass is 10.1. The Morgan fingerprint density at radius 3 is 2.77 bits per heavy atom. The standard InChI is InChI=1S/C16H24N4O2/c1-3-14(19-5-7-22-8-6-19)16(21)20-10-12-9-17-15(4-2)18-13(12)11-20/h9,14H,3-8,10-11H2,1-2H3/t14-/m0/s1. The van der Waals surface area contributed by atoms with Gasteiger partial charge in [0.2, 0.25) is 5.91 Å². The van der Waals surface area contributed by atoms with Crippen LogP contribution in [0.15, 0.2) is 6.20 Å². The zero-order valence-corrected chi connectivity index (χ0v) is 13.4. The highest BCUT2D eigenvalue weighted by Gasteiger charge is 2.33. The third-order valence-corrected chi connectivity index (χ3v) is 4.49. The van der Waals surface area contributed by atoms with Gasteiger partial charge in [-0.3, -0.25) is 9.69 Å². The molecule has 0 aromatic carbocycles. The number of ether oxygens (including phenoxy) is 1. The molecule has 6 nitrogen and oxygen atoms in total. The number of carbonyl (C=O) groups is 1. The molecule has 0 bridgehead atoms. The van der Waals surface area contributed by atoms with Gasteiger partial charge >= 0.3 is 0 Å². The van der Waals surface area contributed by atoms with Gasteiger partial charge in [-0.05, 0) is 6.42 Å². The van der Waals surface area contributed by atoms with Crippen LogP contribution >= 0.6 is 0 Å². The van der Waals surface area contributed by atoms with Crippen LogP contribution in [0.2, 0.25) is 0 Å². The number of rotatable bonds is 4. The number of aromatic nitrogens is 2. The smallest absolute Gasteiger partial charge is 0.240 e. The molecule has 120 valence electrons. The molecular weight excluding hydrogens is 280 g/mol. The molecule has 0 unspecified atom stereocenters. The Morgan fingerprint density at radius 2 is 2.09 bits per heavy atom. The first-order valence-corrected chi connectivity index (χ1v) is 8.17. The molecule has 3 rings (SSSR count). The van der Waals surface area contributed by atoms with Crippen molar-refractivity contribution in [2.75, 3.05) is 26.3 Å². The zero-order chi connectivity index (χ0) is 15.5. The fourth-order valence-electron chi connectivity index (χ4n) is 3.21. The summed E-state index contributed by atoms with van der Waals surface area (Å²) in [6.07, 6.45) is 3.54. The summed E-state index contributed by atoms with van der Waals surface area (Å²) in [5, 5.41) is 0. The van der Waals surface area contributed by atoms with Crippen molar-refractivity contribution in [2.24, 2.45) is 0 Å². The van der Waals surface area contributed by atoms with Crippen LogP contribution in [-0.2, 0) is 29.0 Å². The van der Waals surface area contributed by atoms with Gasteiger partial charge in [-0.1, -0.05) is 13.8 Å². The number of aryl methyl sites for hydroxylation is 1. The van der Waals surface area contributed by atoms with Crippen molar-refractivity contribution in [3.63, 3.8) is 0 Å². The Morgan fingerprint density at radius 1 is 1.32 bits per heavy atom. The third kappa shape index (κ3) is 2.98. The van der Waals surface area contributed by atoms with Crippen molar-refractivity contribution in [3.8, 4) is 0 Å². The Hall–Kier alpha value is -1.53. The van der Waals surface area contributed by atoms with Crippen LogP contribution in [0.25, 0.3) is 0 Å². The van der Waals surface area contributed by atoms with Gasteiger partial charge in [-0.15, -0.1) is 0 Å². The van der Waals surface area contributed by atoms with E-state index in [-0.39, 0.29) is 11.9 Å². The lowest BCUT2D eigenvalue weighted by Gasteiger charge is -2.35. The summed E-state index contributed by atoms with van der Waals surface area (Å²) in [6, 6.07) is -0.0446. The second kappa shape index (κ2) is 6.71. The van der Waals surface area contributed by atoms with Crippen LogP contribution < -0.4 is 0 Å². The quantitative estimate of drug-likeness (QED) is 0.830. The number of amides is 1. The predicted octanol–water partition coefficient (Wildman–Crippen LogP) is 0.992. The summed E-state index contributed by atoms with van der Waals surface area (Å²) >= 11 is 0. The number of carbonyl (C=O) groups excluding carboxylic acids is 1. The van der Waals surface area contributed by atoms with E-state index in [1.165, 1.54) is 0 Å². The minimum absolute atomic E-state index is 0.0446. The number of hydrogen-bond donors (Lipinski definition) is 0. The van der Waals surface area contributed by atoms with Crippen molar-refractivity contribution in [1.82, 2.24) is 19.8 Å². The molecule has 0 spiro atoms. The van der Waals surface area contributed by atoms with E-state index < -0.39 is 0 Å². The van der Waals surface area contributed by atoms with Gasteiger partial charge in [-0.2, -0.15) is 0 Å². The maximum Gasteiger partial charge on any atom is 0.240 e. The molecule has 2 aliphatic rings. The maximum absolute atomic E-state index is 12.9. The van der Waals surface area contributed by atoms with Gasteiger partial charge < -0.3 is 9.64 Å². The monoisotopic (exact) mass is 304 g/mol. The van der Waals surface area contributed by atoms with Gasteiger partial charge in [0.25, 0.3) is 0 Å². The molecule has 6 heteroatoms. The molecule has 2 aliphatic heterocycles. The second-order valence-electron chi connectivity index (χ2n) is 5.88. The Kier molecular flexibility index (Phi) is 4.69. The summed E-state index contributed by atoms with van der Waals surface area (Å²) in [5.74, 6) is 1.06. The van der Waals surface area contributed by atoms with Crippen LogP contribution in [0.3, 0.4) is 0 Å². The fourth-order valence-corrected chi connectivity index (χ4v) is 3.21. The first-order chi connectivity index (χ1) is 10.7. The largest absolute Gasteiger partial charge is 0.379 e. The SMILES string of the molecule is CCc1ncc2c(n1)CN(C(=O)[C@H](CC)N1CCOCC1)C2. The molecule has 1 amide bonds. The highest BCUT2D eigenvalue weighted by molar-refractivity contribution is 5.82. The third-order valence-electron chi connectivity index (χ3n) is 4.49. The van der Waals surface area contributed by atoms with E-state index in [9.17, 15) is 4.79 Å². The lowest BCUT2D eigenvalue weighted by molar-refractivity contribution is -0.139. The molecule has 1 fully saturated rings. The minimum atomic E-state index is -0.0446. The van der Waals surface area contributed by atoms with Crippen molar-refractivity contribution in [2.45, 2.75) is 45.8 Å². The molecule has 1 aromatic rings. The van der Waals surface area contributed by atoms with E-state index in [1.807, 2.05) is 18.0 Å².